The quantitative estimate of drug-likeness (QED) is 0.774. The van der Waals surface area contributed by atoms with Crippen molar-refractivity contribution in [1.29, 1.82) is 0 Å². The van der Waals surface area contributed by atoms with Crippen molar-refractivity contribution in [2.24, 2.45) is 0 Å². The van der Waals surface area contributed by atoms with Gasteiger partial charge < -0.3 is 5.32 Å². The van der Waals surface area contributed by atoms with Gasteiger partial charge >= 0.3 is 0 Å². The number of hydrogen-bond donors (Lipinski definition) is 1. The maximum Gasteiger partial charge on any atom is 0.0460 e. The Labute approximate surface area is 109 Å². The van der Waals surface area contributed by atoms with Crippen LogP contribution in [0.3, 0.4) is 0 Å². The minimum atomic E-state index is 1.05. The summed E-state index contributed by atoms with van der Waals surface area (Å²) in [6.45, 7) is 4.30. The number of anilines is 2. The van der Waals surface area contributed by atoms with E-state index in [9.17, 15) is 0 Å². The molecule has 0 unspecified atom stereocenters. The van der Waals surface area contributed by atoms with Crippen LogP contribution in [0.1, 0.15) is 24.5 Å². The minimum Gasteiger partial charge on any atom is -0.355 e. The minimum absolute atomic E-state index is 1.05. The van der Waals surface area contributed by atoms with Crippen LogP contribution in [-0.4, -0.2) is 0 Å². The predicted octanol–water partition coefficient (Wildman–Crippen LogP) is 5.16. The molecule has 2 aromatic rings. The lowest BCUT2D eigenvalue weighted by Crippen LogP contribution is -1.94. The van der Waals surface area contributed by atoms with Gasteiger partial charge in [-0.3, -0.25) is 0 Å². The van der Waals surface area contributed by atoms with E-state index < -0.39 is 0 Å². The Morgan fingerprint density at radius 1 is 1.00 bits per heavy atom. The molecule has 0 saturated heterocycles. The number of para-hydroxylation sites is 1. The molecule has 0 aromatic heterocycles. The summed E-state index contributed by atoms with van der Waals surface area (Å²) in [7, 11) is 0. The van der Waals surface area contributed by atoms with Crippen molar-refractivity contribution in [3.8, 4) is 0 Å². The van der Waals surface area contributed by atoms with E-state index in [0.29, 0.717) is 0 Å². The van der Waals surface area contributed by atoms with Crippen molar-refractivity contribution >= 4 is 17.5 Å². The molecule has 92 valence electrons. The van der Waals surface area contributed by atoms with E-state index in [0.717, 1.165) is 17.8 Å². The number of hydrogen-bond acceptors (Lipinski definition) is 1. The molecule has 2 aromatic carbocycles. The zero-order valence-electron chi connectivity index (χ0n) is 11.0. The summed E-state index contributed by atoms with van der Waals surface area (Å²) in [5.41, 5.74) is 4.84. The van der Waals surface area contributed by atoms with Gasteiger partial charge in [-0.25, -0.2) is 0 Å². The van der Waals surface area contributed by atoms with Crippen molar-refractivity contribution in [1.82, 2.24) is 0 Å². The molecule has 0 amide bonds. The molecule has 0 saturated carbocycles. The van der Waals surface area contributed by atoms with Crippen molar-refractivity contribution in [2.45, 2.75) is 20.3 Å². The van der Waals surface area contributed by atoms with E-state index in [-0.39, 0.29) is 0 Å². The van der Waals surface area contributed by atoms with Crippen LogP contribution in [0, 0.1) is 6.92 Å². The van der Waals surface area contributed by atoms with E-state index in [1.54, 1.807) is 0 Å². The van der Waals surface area contributed by atoms with Crippen LogP contribution in [-0.2, 0) is 0 Å². The fourth-order valence-corrected chi connectivity index (χ4v) is 1.92. The average Bonchev–Trinajstić information content (AvgIpc) is 2.39. The van der Waals surface area contributed by atoms with Crippen LogP contribution in [0.25, 0.3) is 6.08 Å². The molecule has 1 N–H and O–H groups in total. The van der Waals surface area contributed by atoms with Crippen molar-refractivity contribution in [2.75, 3.05) is 5.32 Å². The van der Waals surface area contributed by atoms with E-state index in [1.165, 1.54) is 11.1 Å². The van der Waals surface area contributed by atoms with E-state index in [4.69, 9.17) is 0 Å². The lowest BCUT2D eigenvalue weighted by Gasteiger charge is -2.12. The van der Waals surface area contributed by atoms with Crippen LogP contribution in [0.5, 0.6) is 0 Å². The molecule has 0 aliphatic heterocycles. The Morgan fingerprint density at radius 2 is 1.78 bits per heavy atom. The van der Waals surface area contributed by atoms with Crippen LogP contribution in [0.4, 0.5) is 11.4 Å². The van der Waals surface area contributed by atoms with Gasteiger partial charge in [-0.05, 0) is 37.1 Å². The third kappa shape index (κ3) is 3.01. The third-order valence-corrected chi connectivity index (χ3v) is 2.90. The van der Waals surface area contributed by atoms with Gasteiger partial charge in [-0.15, -0.1) is 0 Å². The first kappa shape index (κ1) is 12.4. The second-order valence-electron chi connectivity index (χ2n) is 4.34. The summed E-state index contributed by atoms with van der Waals surface area (Å²) in [4.78, 5) is 0. The molecule has 0 spiro atoms. The molecule has 0 fully saturated rings. The standard InChI is InChI=1S/C17H19N/c1-3-4-12-16-14(2)9-8-13-17(16)18-15-10-6-5-7-11-15/h4-13,18H,3H2,1-2H3/b12-4-. The van der Waals surface area contributed by atoms with Gasteiger partial charge in [-0.2, -0.15) is 0 Å². The normalized spacial score (nSPS) is 10.8. The van der Waals surface area contributed by atoms with Gasteiger partial charge in [0.05, 0.1) is 0 Å². The fraction of sp³-hybridized carbons (Fsp3) is 0.176. The predicted molar refractivity (Wildman–Crippen MR) is 80.2 cm³/mol. The van der Waals surface area contributed by atoms with Crippen LogP contribution < -0.4 is 5.32 Å². The number of nitrogens with one attached hydrogen (secondary N) is 1. The van der Waals surface area contributed by atoms with E-state index in [1.807, 2.05) is 18.2 Å². The first-order valence-corrected chi connectivity index (χ1v) is 6.39. The third-order valence-electron chi connectivity index (χ3n) is 2.90. The molecule has 0 heterocycles. The topological polar surface area (TPSA) is 12.0 Å². The second-order valence-corrected chi connectivity index (χ2v) is 4.34. The van der Waals surface area contributed by atoms with E-state index in [2.05, 4.69) is 61.6 Å². The van der Waals surface area contributed by atoms with Crippen molar-refractivity contribution in [3.63, 3.8) is 0 Å². The van der Waals surface area contributed by atoms with Crippen LogP contribution in [0.2, 0.25) is 0 Å². The van der Waals surface area contributed by atoms with Gasteiger partial charge in [0.25, 0.3) is 0 Å². The lowest BCUT2D eigenvalue weighted by atomic mass is 10.1. The molecule has 2 rings (SSSR count). The average molecular weight is 237 g/mol. The Balaban J connectivity index is 2.33. The largest absolute Gasteiger partial charge is 0.355 e. The summed E-state index contributed by atoms with van der Waals surface area (Å²) in [5, 5.41) is 3.47. The molecule has 1 nitrogen and oxygen atoms in total. The molecule has 0 aliphatic carbocycles. The Kier molecular flexibility index (Phi) is 4.19. The Bertz CT molecular complexity index is 527. The maximum atomic E-state index is 3.47. The molecule has 0 atom stereocenters. The Morgan fingerprint density at radius 3 is 2.50 bits per heavy atom. The smallest absolute Gasteiger partial charge is 0.0460 e. The number of aryl methyl sites for hydroxylation is 1. The van der Waals surface area contributed by atoms with Gasteiger partial charge in [0.15, 0.2) is 0 Å². The second kappa shape index (κ2) is 6.06. The summed E-state index contributed by atoms with van der Waals surface area (Å²) in [6.07, 6.45) is 5.44. The summed E-state index contributed by atoms with van der Waals surface area (Å²) in [5.74, 6) is 0. The van der Waals surface area contributed by atoms with Crippen LogP contribution in [0.15, 0.2) is 54.6 Å². The molecular weight excluding hydrogens is 218 g/mol. The zero-order chi connectivity index (χ0) is 12.8. The SMILES string of the molecule is CC/C=C\c1c(C)cccc1Nc1ccccc1. The van der Waals surface area contributed by atoms with Gasteiger partial charge in [0, 0.05) is 16.9 Å². The van der Waals surface area contributed by atoms with Gasteiger partial charge in [0.1, 0.15) is 0 Å². The van der Waals surface area contributed by atoms with Crippen molar-refractivity contribution < 1.29 is 0 Å². The summed E-state index contributed by atoms with van der Waals surface area (Å²) in [6, 6.07) is 16.6. The van der Waals surface area contributed by atoms with Crippen LogP contribution >= 0.6 is 0 Å². The first-order valence-electron chi connectivity index (χ1n) is 6.39. The van der Waals surface area contributed by atoms with Gasteiger partial charge in [-0.1, -0.05) is 49.4 Å². The molecule has 1 heteroatoms. The molecule has 0 aliphatic rings. The van der Waals surface area contributed by atoms with Gasteiger partial charge in [0.2, 0.25) is 0 Å². The van der Waals surface area contributed by atoms with Crippen molar-refractivity contribution in [3.05, 3.63) is 65.7 Å². The number of allylic oxidation sites excluding steroid dienone is 1. The first-order chi connectivity index (χ1) is 8.81. The zero-order valence-corrected chi connectivity index (χ0v) is 11.0. The number of rotatable bonds is 4. The highest BCUT2D eigenvalue weighted by molar-refractivity contribution is 5.73. The molecule has 18 heavy (non-hydrogen) atoms. The molecule has 0 radical (unpaired) electrons. The summed E-state index contributed by atoms with van der Waals surface area (Å²) < 4.78 is 0. The maximum absolute atomic E-state index is 3.47. The highest BCUT2D eigenvalue weighted by Gasteiger charge is 2.02. The fourth-order valence-electron chi connectivity index (χ4n) is 1.92. The monoisotopic (exact) mass is 237 g/mol. The highest BCUT2D eigenvalue weighted by Crippen LogP contribution is 2.25. The Hall–Kier alpha value is -2.02. The lowest BCUT2D eigenvalue weighted by molar-refractivity contribution is 1.23. The summed E-state index contributed by atoms with van der Waals surface area (Å²) >= 11 is 0. The van der Waals surface area contributed by atoms with E-state index >= 15 is 0 Å². The molecular formula is C17H19N. The highest BCUT2D eigenvalue weighted by atomic mass is 14.9. The number of benzene rings is 2. The molecule has 0 bridgehead atoms.